The van der Waals surface area contributed by atoms with E-state index >= 15 is 0 Å². The quantitative estimate of drug-likeness (QED) is 0.763. The maximum Gasteiger partial charge on any atom is 0.319 e. The fourth-order valence-corrected chi connectivity index (χ4v) is 1.54. The lowest BCUT2D eigenvalue weighted by atomic mass is 10.2. The zero-order valence-electron chi connectivity index (χ0n) is 12.0. The molecule has 2 amide bonds. The number of benzene rings is 1. The molecule has 0 aliphatic rings. The Morgan fingerprint density at radius 2 is 2.05 bits per heavy atom. The van der Waals surface area contributed by atoms with Gasteiger partial charge in [0.2, 0.25) is 0 Å². The number of anilines is 2. The number of aliphatic hydroxyl groups excluding tert-OH is 1. The van der Waals surface area contributed by atoms with Crippen molar-refractivity contribution in [1.82, 2.24) is 5.32 Å². The van der Waals surface area contributed by atoms with Crippen LogP contribution < -0.4 is 15.5 Å². The molecule has 0 aliphatic heterocycles. The maximum atomic E-state index is 11.6. The SMILES string of the molecule is CC(CO)NC(=O)Nc1cccc(N(C)C(C)C)c1. The Balaban J connectivity index is 2.69. The number of hydrogen-bond acceptors (Lipinski definition) is 3. The largest absolute Gasteiger partial charge is 0.394 e. The molecule has 1 unspecified atom stereocenters. The Morgan fingerprint density at radius 1 is 1.37 bits per heavy atom. The summed E-state index contributed by atoms with van der Waals surface area (Å²) in [7, 11) is 2.01. The summed E-state index contributed by atoms with van der Waals surface area (Å²) in [4.78, 5) is 13.8. The Bertz CT molecular complexity index is 421. The van der Waals surface area contributed by atoms with Crippen LogP contribution in [0.25, 0.3) is 0 Å². The normalized spacial score (nSPS) is 12.1. The van der Waals surface area contributed by atoms with Crippen molar-refractivity contribution < 1.29 is 9.90 Å². The van der Waals surface area contributed by atoms with Gasteiger partial charge in [-0.3, -0.25) is 0 Å². The van der Waals surface area contributed by atoms with Gasteiger partial charge in [0.05, 0.1) is 12.6 Å². The lowest BCUT2D eigenvalue weighted by Gasteiger charge is -2.24. The molecular weight excluding hydrogens is 242 g/mol. The van der Waals surface area contributed by atoms with E-state index in [-0.39, 0.29) is 18.7 Å². The molecule has 5 heteroatoms. The first-order chi connectivity index (χ1) is 8.93. The van der Waals surface area contributed by atoms with E-state index in [1.54, 1.807) is 6.92 Å². The summed E-state index contributed by atoms with van der Waals surface area (Å²) in [5.74, 6) is 0. The molecule has 1 rings (SSSR count). The molecule has 106 valence electrons. The monoisotopic (exact) mass is 265 g/mol. The van der Waals surface area contributed by atoms with Gasteiger partial charge in [-0.1, -0.05) is 6.07 Å². The van der Waals surface area contributed by atoms with Crippen LogP contribution in [-0.4, -0.2) is 36.9 Å². The van der Waals surface area contributed by atoms with Gasteiger partial charge in [-0.2, -0.15) is 0 Å². The average molecular weight is 265 g/mol. The molecule has 1 aromatic rings. The molecular formula is C14H23N3O2. The molecule has 0 aromatic heterocycles. The number of aliphatic hydroxyl groups is 1. The molecule has 0 bridgehead atoms. The molecule has 19 heavy (non-hydrogen) atoms. The highest BCUT2D eigenvalue weighted by molar-refractivity contribution is 5.90. The van der Waals surface area contributed by atoms with Crippen LogP contribution in [0.4, 0.5) is 16.2 Å². The first-order valence-electron chi connectivity index (χ1n) is 6.45. The van der Waals surface area contributed by atoms with Gasteiger partial charge < -0.3 is 20.6 Å². The molecule has 0 heterocycles. The number of rotatable bonds is 5. The number of carbonyl (C=O) groups is 1. The Morgan fingerprint density at radius 3 is 2.63 bits per heavy atom. The summed E-state index contributed by atoms with van der Waals surface area (Å²) in [6.45, 7) is 5.87. The van der Waals surface area contributed by atoms with Crippen molar-refractivity contribution in [1.29, 1.82) is 0 Å². The van der Waals surface area contributed by atoms with Crippen molar-refractivity contribution in [3.8, 4) is 0 Å². The van der Waals surface area contributed by atoms with Crippen molar-refractivity contribution in [2.45, 2.75) is 32.9 Å². The Kier molecular flexibility index (Phi) is 5.63. The van der Waals surface area contributed by atoms with Crippen LogP contribution in [0.2, 0.25) is 0 Å². The van der Waals surface area contributed by atoms with E-state index in [1.807, 2.05) is 31.3 Å². The first-order valence-corrected chi connectivity index (χ1v) is 6.45. The van der Waals surface area contributed by atoms with Crippen molar-refractivity contribution in [2.75, 3.05) is 23.9 Å². The topological polar surface area (TPSA) is 64.6 Å². The van der Waals surface area contributed by atoms with E-state index in [4.69, 9.17) is 5.11 Å². The zero-order chi connectivity index (χ0) is 14.4. The molecule has 3 N–H and O–H groups in total. The highest BCUT2D eigenvalue weighted by Gasteiger charge is 2.08. The summed E-state index contributed by atoms with van der Waals surface area (Å²) in [5, 5.41) is 14.3. The second-order valence-corrected chi connectivity index (χ2v) is 4.94. The fourth-order valence-electron chi connectivity index (χ4n) is 1.54. The predicted octanol–water partition coefficient (Wildman–Crippen LogP) is 2.03. The van der Waals surface area contributed by atoms with Crippen molar-refractivity contribution in [3.05, 3.63) is 24.3 Å². The minimum Gasteiger partial charge on any atom is -0.394 e. The number of nitrogens with zero attached hydrogens (tertiary/aromatic N) is 1. The van der Waals surface area contributed by atoms with Gasteiger partial charge in [0, 0.05) is 24.5 Å². The third-order valence-electron chi connectivity index (χ3n) is 2.94. The van der Waals surface area contributed by atoms with Crippen molar-refractivity contribution >= 4 is 17.4 Å². The number of carbonyl (C=O) groups excluding carboxylic acids is 1. The molecule has 0 spiro atoms. The van der Waals surface area contributed by atoms with Gasteiger partial charge >= 0.3 is 6.03 Å². The van der Waals surface area contributed by atoms with E-state index in [9.17, 15) is 4.79 Å². The van der Waals surface area contributed by atoms with E-state index in [2.05, 4.69) is 29.4 Å². The van der Waals surface area contributed by atoms with E-state index in [0.717, 1.165) is 11.4 Å². The Hall–Kier alpha value is -1.75. The molecule has 1 atom stereocenters. The van der Waals surface area contributed by atoms with Gasteiger partial charge in [0.15, 0.2) is 0 Å². The van der Waals surface area contributed by atoms with Crippen molar-refractivity contribution in [2.24, 2.45) is 0 Å². The Labute approximate surface area is 114 Å². The summed E-state index contributed by atoms with van der Waals surface area (Å²) < 4.78 is 0. The minimum atomic E-state index is -0.314. The molecule has 0 saturated carbocycles. The van der Waals surface area contributed by atoms with Crippen LogP contribution in [0, 0.1) is 0 Å². The number of urea groups is 1. The summed E-state index contributed by atoms with van der Waals surface area (Å²) in [5.41, 5.74) is 1.77. The standard InChI is InChI=1S/C14H23N3O2/c1-10(2)17(4)13-7-5-6-12(8-13)16-14(19)15-11(3)9-18/h5-8,10-11,18H,9H2,1-4H3,(H2,15,16,19). The fraction of sp³-hybridized carbons (Fsp3) is 0.500. The molecule has 5 nitrogen and oxygen atoms in total. The summed E-state index contributed by atoms with van der Waals surface area (Å²) in [6, 6.07) is 7.47. The molecule has 1 aromatic carbocycles. The lowest BCUT2D eigenvalue weighted by molar-refractivity contribution is 0.229. The van der Waals surface area contributed by atoms with Gasteiger partial charge in [0.1, 0.15) is 0 Å². The number of hydrogen-bond donors (Lipinski definition) is 3. The second kappa shape index (κ2) is 6.99. The van der Waals surface area contributed by atoms with Crippen LogP contribution in [0.15, 0.2) is 24.3 Å². The van der Waals surface area contributed by atoms with Gasteiger partial charge in [-0.15, -0.1) is 0 Å². The molecule has 0 fully saturated rings. The first kappa shape index (κ1) is 15.3. The molecule has 0 saturated heterocycles. The van der Waals surface area contributed by atoms with Crippen LogP contribution in [0.3, 0.4) is 0 Å². The summed E-state index contributed by atoms with van der Waals surface area (Å²) >= 11 is 0. The predicted molar refractivity (Wildman–Crippen MR) is 78.7 cm³/mol. The number of amides is 2. The smallest absolute Gasteiger partial charge is 0.319 e. The van der Waals surface area contributed by atoms with E-state index in [0.29, 0.717) is 6.04 Å². The van der Waals surface area contributed by atoms with Crippen LogP contribution in [0.1, 0.15) is 20.8 Å². The van der Waals surface area contributed by atoms with Crippen LogP contribution in [-0.2, 0) is 0 Å². The van der Waals surface area contributed by atoms with Crippen molar-refractivity contribution in [3.63, 3.8) is 0 Å². The van der Waals surface area contributed by atoms with Gasteiger partial charge in [-0.05, 0) is 39.0 Å². The molecule has 0 aliphatic carbocycles. The highest BCUT2D eigenvalue weighted by atomic mass is 16.3. The maximum absolute atomic E-state index is 11.6. The second-order valence-electron chi connectivity index (χ2n) is 4.94. The summed E-state index contributed by atoms with van der Waals surface area (Å²) in [6.07, 6.45) is 0. The van der Waals surface area contributed by atoms with Crippen LogP contribution in [0.5, 0.6) is 0 Å². The lowest BCUT2D eigenvalue weighted by Crippen LogP contribution is -2.38. The van der Waals surface area contributed by atoms with E-state index in [1.165, 1.54) is 0 Å². The zero-order valence-corrected chi connectivity index (χ0v) is 12.0. The van der Waals surface area contributed by atoms with Gasteiger partial charge in [-0.25, -0.2) is 4.79 Å². The van der Waals surface area contributed by atoms with Gasteiger partial charge in [0.25, 0.3) is 0 Å². The number of nitrogens with one attached hydrogen (secondary N) is 2. The highest BCUT2D eigenvalue weighted by Crippen LogP contribution is 2.19. The average Bonchev–Trinajstić information content (AvgIpc) is 2.37. The minimum absolute atomic E-state index is 0.0798. The molecule has 0 radical (unpaired) electrons. The van der Waals surface area contributed by atoms with Crippen LogP contribution >= 0.6 is 0 Å². The third kappa shape index (κ3) is 4.79. The van der Waals surface area contributed by atoms with E-state index < -0.39 is 0 Å². The third-order valence-corrected chi connectivity index (χ3v) is 2.94.